The highest BCUT2D eigenvalue weighted by atomic mass is 35.5. The number of aryl methyl sites for hydroxylation is 1. The average molecular weight is 303 g/mol. The number of halogens is 1. The summed E-state index contributed by atoms with van der Waals surface area (Å²) < 4.78 is 0. The molecule has 0 fully saturated rings. The molecule has 0 spiro atoms. The first-order valence-corrected chi connectivity index (χ1v) is 8.69. The first kappa shape index (κ1) is 16.8. The SMILES string of the molecule is CC(C)CCN(CCC(C)C)c1nc(CCCl)cs1. The molecule has 1 aromatic rings. The molecule has 1 aromatic heterocycles. The second-order valence-corrected chi connectivity index (χ2v) is 7.13. The van der Waals surface area contributed by atoms with Gasteiger partial charge in [-0.1, -0.05) is 27.7 Å². The number of anilines is 1. The van der Waals surface area contributed by atoms with Gasteiger partial charge in [0.05, 0.1) is 5.69 Å². The first-order valence-electron chi connectivity index (χ1n) is 7.28. The fraction of sp³-hybridized carbons (Fsp3) is 0.800. The summed E-state index contributed by atoms with van der Waals surface area (Å²) >= 11 is 7.54. The number of thiazole rings is 1. The number of alkyl halides is 1. The van der Waals surface area contributed by atoms with E-state index < -0.39 is 0 Å². The Labute approximate surface area is 127 Å². The second kappa shape index (κ2) is 8.80. The molecular weight excluding hydrogens is 276 g/mol. The zero-order valence-corrected chi connectivity index (χ0v) is 14.2. The molecule has 0 atom stereocenters. The van der Waals surface area contributed by atoms with Crippen LogP contribution in [-0.4, -0.2) is 24.0 Å². The predicted octanol–water partition coefficient (Wildman–Crippen LogP) is 4.82. The van der Waals surface area contributed by atoms with Gasteiger partial charge in [-0.15, -0.1) is 22.9 Å². The van der Waals surface area contributed by atoms with Crippen molar-refractivity contribution >= 4 is 28.1 Å². The Morgan fingerprint density at radius 3 is 2.21 bits per heavy atom. The van der Waals surface area contributed by atoms with E-state index in [9.17, 15) is 0 Å². The molecule has 2 nitrogen and oxygen atoms in total. The minimum absolute atomic E-state index is 0.654. The number of hydrogen-bond donors (Lipinski definition) is 0. The van der Waals surface area contributed by atoms with Crippen LogP contribution in [-0.2, 0) is 6.42 Å². The summed E-state index contributed by atoms with van der Waals surface area (Å²) in [5.41, 5.74) is 1.13. The number of rotatable bonds is 9. The molecule has 0 saturated carbocycles. The highest BCUT2D eigenvalue weighted by Gasteiger charge is 2.12. The standard InChI is InChI=1S/C15H27ClN2S/c1-12(2)6-9-18(10-7-13(3)4)15-17-14(5-8-16)11-19-15/h11-13H,5-10H2,1-4H3. The molecule has 0 aliphatic heterocycles. The van der Waals surface area contributed by atoms with E-state index in [1.807, 2.05) is 0 Å². The Hall–Kier alpha value is -0.280. The molecule has 110 valence electrons. The summed E-state index contributed by atoms with van der Waals surface area (Å²) in [4.78, 5) is 7.16. The van der Waals surface area contributed by atoms with Crippen LogP contribution in [0.1, 0.15) is 46.2 Å². The number of nitrogens with zero attached hydrogens (tertiary/aromatic N) is 2. The summed E-state index contributed by atoms with van der Waals surface area (Å²) in [5, 5.41) is 3.32. The largest absolute Gasteiger partial charge is 0.348 e. The summed E-state index contributed by atoms with van der Waals surface area (Å²) in [6.07, 6.45) is 3.32. The predicted molar refractivity (Wildman–Crippen MR) is 87.7 cm³/mol. The van der Waals surface area contributed by atoms with E-state index in [4.69, 9.17) is 16.6 Å². The fourth-order valence-corrected chi connectivity index (χ4v) is 2.89. The monoisotopic (exact) mass is 302 g/mol. The first-order chi connectivity index (χ1) is 9.02. The van der Waals surface area contributed by atoms with Crippen molar-refractivity contribution in [2.75, 3.05) is 23.9 Å². The van der Waals surface area contributed by atoms with Crippen LogP contribution in [0.15, 0.2) is 5.38 Å². The molecule has 0 radical (unpaired) electrons. The summed E-state index contributed by atoms with van der Waals surface area (Å²) in [7, 11) is 0. The Morgan fingerprint density at radius 1 is 1.16 bits per heavy atom. The summed E-state index contributed by atoms with van der Waals surface area (Å²) in [6, 6.07) is 0. The van der Waals surface area contributed by atoms with Crippen molar-refractivity contribution in [3.05, 3.63) is 11.1 Å². The van der Waals surface area contributed by atoms with Crippen LogP contribution >= 0.6 is 22.9 Å². The van der Waals surface area contributed by atoms with Crippen LogP contribution < -0.4 is 4.90 Å². The van der Waals surface area contributed by atoms with Gasteiger partial charge in [-0.3, -0.25) is 0 Å². The highest BCUT2D eigenvalue weighted by molar-refractivity contribution is 7.13. The van der Waals surface area contributed by atoms with Crippen molar-refractivity contribution in [1.82, 2.24) is 4.98 Å². The minimum atomic E-state index is 0.654. The van der Waals surface area contributed by atoms with Crippen LogP contribution in [0.3, 0.4) is 0 Å². The van der Waals surface area contributed by atoms with Gasteiger partial charge in [-0.25, -0.2) is 4.98 Å². The fourth-order valence-electron chi connectivity index (χ4n) is 1.78. The topological polar surface area (TPSA) is 16.1 Å². The highest BCUT2D eigenvalue weighted by Crippen LogP contribution is 2.23. The number of hydrogen-bond acceptors (Lipinski definition) is 3. The van der Waals surface area contributed by atoms with Gasteiger partial charge >= 0.3 is 0 Å². The maximum atomic E-state index is 5.78. The molecule has 1 rings (SSSR count). The van der Waals surface area contributed by atoms with E-state index in [-0.39, 0.29) is 0 Å². The Kier molecular flexibility index (Phi) is 7.77. The van der Waals surface area contributed by atoms with E-state index >= 15 is 0 Å². The third-order valence-electron chi connectivity index (χ3n) is 3.11. The average Bonchev–Trinajstić information content (AvgIpc) is 2.77. The smallest absolute Gasteiger partial charge is 0.185 e. The van der Waals surface area contributed by atoms with E-state index in [2.05, 4.69) is 38.0 Å². The van der Waals surface area contributed by atoms with E-state index in [0.29, 0.717) is 5.88 Å². The number of aromatic nitrogens is 1. The second-order valence-electron chi connectivity index (χ2n) is 5.91. The van der Waals surface area contributed by atoms with Gasteiger partial charge in [0.2, 0.25) is 0 Å². The molecule has 4 heteroatoms. The molecule has 0 aliphatic rings. The molecule has 0 amide bonds. The van der Waals surface area contributed by atoms with E-state index in [1.54, 1.807) is 11.3 Å². The lowest BCUT2D eigenvalue weighted by Crippen LogP contribution is -2.27. The molecule has 0 aromatic carbocycles. The summed E-state index contributed by atoms with van der Waals surface area (Å²) in [5.74, 6) is 2.13. The van der Waals surface area contributed by atoms with Crippen LogP contribution in [0.25, 0.3) is 0 Å². The molecule has 0 saturated heterocycles. The van der Waals surface area contributed by atoms with Gasteiger partial charge in [0.15, 0.2) is 5.13 Å². The van der Waals surface area contributed by atoms with Crippen LogP contribution in [0.2, 0.25) is 0 Å². The maximum Gasteiger partial charge on any atom is 0.185 e. The van der Waals surface area contributed by atoms with Gasteiger partial charge in [-0.2, -0.15) is 0 Å². The van der Waals surface area contributed by atoms with E-state index in [1.165, 1.54) is 18.0 Å². The van der Waals surface area contributed by atoms with Crippen molar-refractivity contribution in [2.24, 2.45) is 11.8 Å². The molecule has 1 heterocycles. The zero-order chi connectivity index (χ0) is 14.3. The van der Waals surface area contributed by atoms with Gasteiger partial charge in [0.25, 0.3) is 0 Å². The Balaban J connectivity index is 2.63. The quantitative estimate of drug-likeness (QED) is 0.608. The molecular formula is C15H27ClN2S. The van der Waals surface area contributed by atoms with Gasteiger partial charge in [-0.05, 0) is 24.7 Å². The molecule has 19 heavy (non-hydrogen) atoms. The summed E-state index contributed by atoms with van der Waals surface area (Å²) in [6.45, 7) is 11.3. The zero-order valence-electron chi connectivity index (χ0n) is 12.7. The van der Waals surface area contributed by atoms with Crippen molar-refractivity contribution in [1.29, 1.82) is 0 Å². The molecule has 0 N–H and O–H groups in total. The minimum Gasteiger partial charge on any atom is -0.348 e. The van der Waals surface area contributed by atoms with Gasteiger partial charge in [0.1, 0.15) is 0 Å². The molecule has 0 unspecified atom stereocenters. The Morgan fingerprint density at radius 2 is 1.74 bits per heavy atom. The third-order valence-corrected chi connectivity index (χ3v) is 4.25. The lowest BCUT2D eigenvalue weighted by Gasteiger charge is -2.23. The molecule has 0 aliphatic carbocycles. The van der Waals surface area contributed by atoms with Crippen molar-refractivity contribution in [3.63, 3.8) is 0 Å². The Bertz CT molecular complexity index is 338. The third kappa shape index (κ3) is 6.62. The van der Waals surface area contributed by atoms with Crippen molar-refractivity contribution in [2.45, 2.75) is 47.0 Å². The van der Waals surface area contributed by atoms with E-state index in [0.717, 1.165) is 37.0 Å². The maximum absolute atomic E-state index is 5.78. The molecule has 0 bridgehead atoms. The van der Waals surface area contributed by atoms with Crippen LogP contribution in [0.4, 0.5) is 5.13 Å². The van der Waals surface area contributed by atoms with Crippen molar-refractivity contribution in [3.8, 4) is 0 Å². The lowest BCUT2D eigenvalue weighted by atomic mass is 10.1. The van der Waals surface area contributed by atoms with Gasteiger partial charge < -0.3 is 4.90 Å². The van der Waals surface area contributed by atoms with Crippen LogP contribution in [0.5, 0.6) is 0 Å². The van der Waals surface area contributed by atoms with Gasteiger partial charge in [0, 0.05) is 30.8 Å². The van der Waals surface area contributed by atoms with Crippen molar-refractivity contribution < 1.29 is 0 Å². The lowest BCUT2D eigenvalue weighted by molar-refractivity contribution is 0.534. The normalized spacial score (nSPS) is 11.5. The van der Waals surface area contributed by atoms with Crippen LogP contribution in [0, 0.1) is 11.8 Å².